The van der Waals surface area contributed by atoms with Gasteiger partial charge in [0, 0.05) is 22.1 Å². The van der Waals surface area contributed by atoms with E-state index in [1.54, 1.807) is 51.1 Å². The Morgan fingerprint density at radius 1 is 1.06 bits per heavy atom. The highest BCUT2D eigenvalue weighted by Gasteiger charge is 2.32. The normalized spacial score (nSPS) is 12.7. The van der Waals surface area contributed by atoms with Crippen molar-refractivity contribution in [3.63, 3.8) is 0 Å². The number of halogens is 2. The van der Waals surface area contributed by atoms with E-state index in [9.17, 15) is 18.0 Å². The van der Waals surface area contributed by atoms with Gasteiger partial charge in [0.1, 0.15) is 12.6 Å². The molecule has 0 fully saturated rings. The van der Waals surface area contributed by atoms with E-state index in [2.05, 4.69) is 5.32 Å². The van der Waals surface area contributed by atoms with Gasteiger partial charge in [0.05, 0.1) is 11.9 Å². The van der Waals surface area contributed by atoms with Crippen LogP contribution < -0.4 is 9.62 Å². The number of rotatable bonds is 8. The molecule has 0 saturated heterocycles. The number of carbonyl (C=O) groups is 2. The van der Waals surface area contributed by atoms with Crippen molar-refractivity contribution in [1.82, 2.24) is 10.2 Å². The summed E-state index contributed by atoms with van der Waals surface area (Å²) in [5.41, 5.74) is 1.94. The van der Waals surface area contributed by atoms with E-state index in [-0.39, 0.29) is 12.5 Å². The van der Waals surface area contributed by atoms with Crippen molar-refractivity contribution in [3.8, 4) is 0 Å². The maximum absolute atomic E-state index is 13.7. The lowest BCUT2D eigenvalue weighted by molar-refractivity contribution is -0.140. The van der Waals surface area contributed by atoms with E-state index >= 15 is 0 Å². The molecule has 0 aliphatic carbocycles. The predicted octanol–water partition coefficient (Wildman–Crippen LogP) is 4.71. The van der Waals surface area contributed by atoms with Gasteiger partial charge < -0.3 is 10.2 Å². The minimum Gasteiger partial charge on any atom is -0.350 e. The maximum Gasteiger partial charge on any atom is 0.244 e. The second kappa shape index (κ2) is 11.2. The van der Waals surface area contributed by atoms with Crippen molar-refractivity contribution in [2.24, 2.45) is 0 Å². The number of hydrogen-bond donors (Lipinski definition) is 1. The molecule has 1 N–H and O–H groups in total. The van der Waals surface area contributed by atoms with Crippen LogP contribution in [0.1, 0.15) is 44.4 Å². The van der Waals surface area contributed by atoms with Crippen molar-refractivity contribution < 1.29 is 18.0 Å². The molecule has 0 bridgehead atoms. The summed E-state index contributed by atoms with van der Waals surface area (Å²) in [5, 5.41) is 3.66. The van der Waals surface area contributed by atoms with E-state index in [0.29, 0.717) is 32.4 Å². The number of hydrogen-bond acceptors (Lipinski definition) is 4. The fourth-order valence-corrected chi connectivity index (χ4v) is 5.10. The number of amides is 2. The van der Waals surface area contributed by atoms with Crippen LogP contribution in [0.2, 0.25) is 10.0 Å². The number of sulfonamides is 1. The topological polar surface area (TPSA) is 86.8 Å². The fourth-order valence-electron chi connectivity index (χ4n) is 3.66. The minimum atomic E-state index is -3.81. The van der Waals surface area contributed by atoms with Gasteiger partial charge in [0.25, 0.3) is 0 Å². The van der Waals surface area contributed by atoms with Gasteiger partial charge in [-0.1, -0.05) is 47.5 Å². The molecule has 0 unspecified atom stereocenters. The second-order valence-electron chi connectivity index (χ2n) is 9.68. The number of anilines is 1. The molecule has 0 aliphatic rings. The van der Waals surface area contributed by atoms with E-state index in [1.807, 2.05) is 26.8 Å². The Balaban J connectivity index is 2.50. The Bertz CT molecular complexity index is 1190. The lowest BCUT2D eigenvalue weighted by atomic mass is 10.1. The standard InChI is InChI=1S/C25H33Cl2N3O4S/c1-16-9-8-10-17(2)23(16)30(35(7,33)34)15-22(31)29(18(3)24(32)28-25(4,5)6)14-19-11-12-20(26)13-21(19)27/h8-13,18H,14-15H2,1-7H3,(H,28,32)/t18-/m0/s1. The number of carbonyl (C=O) groups excluding carboxylic acids is 2. The van der Waals surface area contributed by atoms with Crippen LogP contribution in [0, 0.1) is 13.8 Å². The molecular weight excluding hydrogens is 509 g/mol. The van der Waals surface area contributed by atoms with Crippen molar-refractivity contribution >= 4 is 50.7 Å². The van der Waals surface area contributed by atoms with Crippen LogP contribution in [0.25, 0.3) is 0 Å². The third-order valence-electron chi connectivity index (χ3n) is 5.39. The molecule has 0 aliphatic heterocycles. The van der Waals surface area contributed by atoms with Gasteiger partial charge in [0.15, 0.2) is 0 Å². The van der Waals surface area contributed by atoms with E-state index in [4.69, 9.17) is 23.2 Å². The van der Waals surface area contributed by atoms with Crippen molar-refractivity contribution in [1.29, 1.82) is 0 Å². The zero-order valence-corrected chi connectivity index (χ0v) is 23.5. The monoisotopic (exact) mass is 541 g/mol. The molecule has 7 nitrogen and oxygen atoms in total. The van der Waals surface area contributed by atoms with Crippen LogP contribution in [-0.4, -0.2) is 49.5 Å². The highest BCUT2D eigenvalue weighted by atomic mass is 35.5. The van der Waals surface area contributed by atoms with Crippen molar-refractivity contribution in [2.45, 2.75) is 59.7 Å². The Labute approximate surface area is 218 Å². The number of benzene rings is 2. The summed E-state index contributed by atoms with van der Waals surface area (Å²) in [7, 11) is -3.81. The first kappa shape index (κ1) is 28.9. The van der Waals surface area contributed by atoms with Gasteiger partial charge in [0.2, 0.25) is 21.8 Å². The van der Waals surface area contributed by atoms with Crippen LogP contribution in [0.5, 0.6) is 0 Å². The molecule has 2 rings (SSSR count). The molecule has 0 aromatic heterocycles. The zero-order chi connectivity index (χ0) is 26.7. The van der Waals surface area contributed by atoms with Crippen LogP contribution >= 0.6 is 23.2 Å². The van der Waals surface area contributed by atoms with Crippen LogP contribution in [0.4, 0.5) is 5.69 Å². The minimum absolute atomic E-state index is 0.00206. The van der Waals surface area contributed by atoms with E-state index in [1.165, 1.54) is 4.90 Å². The first-order valence-electron chi connectivity index (χ1n) is 11.1. The number of nitrogens with one attached hydrogen (secondary N) is 1. The molecule has 2 aromatic rings. The smallest absolute Gasteiger partial charge is 0.244 e. The Morgan fingerprint density at radius 2 is 1.63 bits per heavy atom. The molecule has 10 heteroatoms. The van der Waals surface area contributed by atoms with Gasteiger partial charge in [-0.05, 0) is 70.4 Å². The molecule has 192 valence electrons. The number of para-hydroxylation sites is 1. The third kappa shape index (κ3) is 7.85. The number of aryl methyl sites for hydroxylation is 2. The lowest BCUT2D eigenvalue weighted by Crippen LogP contribution is -2.54. The summed E-state index contributed by atoms with van der Waals surface area (Å²) in [6.07, 6.45) is 1.06. The summed E-state index contributed by atoms with van der Waals surface area (Å²) in [6.45, 7) is 10.2. The average molecular weight is 543 g/mol. The molecule has 2 amide bonds. The first-order valence-corrected chi connectivity index (χ1v) is 13.7. The summed E-state index contributed by atoms with van der Waals surface area (Å²) in [6, 6.07) is 9.38. The molecule has 0 spiro atoms. The van der Waals surface area contributed by atoms with Gasteiger partial charge in [-0.2, -0.15) is 0 Å². The van der Waals surface area contributed by atoms with E-state index < -0.39 is 34.1 Å². The zero-order valence-electron chi connectivity index (χ0n) is 21.1. The quantitative estimate of drug-likeness (QED) is 0.524. The summed E-state index contributed by atoms with van der Waals surface area (Å²) < 4.78 is 26.6. The third-order valence-corrected chi connectivity index (χ3v) is 7.09. The highest BCUT2D eigenvalue weighted by Crippen LogP contribution is 2.28. The Morgan fingerprint density at radius 3 is 2.11 bits per heavy atom. The van der Waals surface area contributed by atoms with Crippen LogP contribution in [0.3, 0.4) is 0 Å². The predicted molar refractivity (Wildman–Crippen MR) is 142 cm³/mol. The molecular formula is C25H33Cl2N3O4S. The Kier molecular flexibility index (Phi) is 9.25. The lowest BCUT2D eigenvalue weighted by Gasteiger charge is -2.34. The molecule has 2 aromatic carbocycles. The average Bonchev–Trinajstić information content (AvgIpc) is 2.69. The van der Waals surface area contributed by atoms with Crippen molar-refractivity contribution in [3.05, 3.63) is 63.1 Å². The molecule has 35 heavy (non-hydrogen) atoms. The first-order chi connectivity index (χ1) is 16.0. The van der Waals surface area contributed by atoms with E-state index in [0.717, 1.165) is 10.6 Å². The molecule has 0 radical (unpaired) electrons. The summed E-state index contributed by atoms with van der Waals surface area (Å²) in [5.74, 6) is -0.908. The van der Waals surface area contributed by atoms with Gasteiger partial charge in [-0.25, -0.2) is 8.42 Å². The van der Waals surface area contributed by atoms with Gasteiger partial charge >= 0.3 is 0 Å². The maximum atomic E-state index is 13.7. The summed E-state index contributed by atoms with van der Waals surface area (Å²) >= 11 is 12.4. The Hall–Kier alpha value is -2.29. The van der Waals surface area contributed by atoms with Crippen LogP contribution in [0.15, 0.2) is 36.4 Å². The van der Waals surface area contributed by atoms with Gasteiger partial charge in [-0.3, -0.25) is 13.9 Å². The molecule has 0 heterocycles. The van der Waals surface area contributed by atoms with Crippen LogP contribution in [-0.2, 0) is 26.2 Å². The summed E-state index contributed by atoms with van der Waals surface area (Å²) in [4.78, 5) is 28.0. The molecule has 0 saturated carbocycles. The largest absolute Gasteiger partial charge is 0.350 e. The van der Waals surface area contributed by atoms with Gasteiger partial charge in [-0.15, -0.1) is 0 Å². The highest BCUT2D eigenvalue weighted by molar-refractivity contribution is 7.92. The second-order valence-corrected chi connectivity index (χ2v) is 12.4. The SMILES string of the molecule is Cc1cccc(C)c1N(CC(=O)N(Cc1ccc(Cl)cc1Cl)[C@@H](C)C(=O)NC(C)(C)C)S(C)(=O)=O. The fraction of sp³-hybridized carbons (Fsp3) is 0.440. The molecule has 1 atom stereocenters. The van der Waals surface area contributed by atoms with Crippen molar-refractivity contribution in [2.75, 3.05) is 17.1 Å². The number of nitrogens with zero attached hydrogens (tertiary/aromatic N) is 2.